The van der Waals surface area contributed by atoms with Gasteiger partial charge in [0.2, 0.25) is 21.8 Å². The smallest absolute Gasteiger partial charge is 0.236 e. The first-order chi connectivity index (χ1) is 16.4. The van der Waals surface area contributed by atoms with Gasteiger partial charge < -0.3 is 15.1 Å². The number of piperazine rings is 1. The molecule has 0 aliphatic carbocycles. The number of sulfonamides is 1. The molecular weight excluding hydrogens is 452 g/mol. The van der Waals surface area contributed by atoms with Gasteiger partial charge in [0.05, 0.1) is 0 Å². The molecule has 0 atom stereocenters. The lowest BCUT2D eigenvalue weighted by Crippen LogP contribution is -2.48. The Bertz CT molecular complexity index is 1130. The number of carbonyl (C=O) groups is 2. The number of hydrogen-bond acceptors (Lipinski definition) is 5. The van der Waals surface area contributed by atoms with Crippen LogP contribution in [0.1, 0.15) is 24.8 Å². The quantitative estimate of drug-likeness (QED) is 0.625. The molecule has 2 aromatic rings. The molecule has 34 heavy (non-hydrogen) atoms. The van der Waals surface area contributed by atoms with Crippen LogP contribution in [0.5, 0.6) is 0 Å². The zero-order valence-corrected chi connectivity index (χ0v) is 19.9. The first-order valence-corrected chi connectivity index (χ1v) is 13.1. The van der Waals surface area contributed by atoms with E-state index in [1.807, 2.05) is 54.6 Å². The van der Waals surface area contributed by atoms with Gasteiger partial charge in [-0.05, 0) is 42.3 Å². The fourth-order valence-corrected chi connectivity index (χ4v) is 5.32. The predicted molar refractivity (Wildman–Crippen MR) is 134 cm³/mol. The molecule has 0 unspecified atom stereocenters. The molecule has 0 bridgehead atoms. The normalized spacial score (nSPS) is 18.0. The van der Waals surface area contributed by atoms with Crippen molar-refractivity contribution in [3.8, 4) is 0 Å². The average molecular weight is 483 g/mol. The molecule has 8 nitrogen and oxygen atoms in total. The van der Waals surface area contributed by atoms with E-state index in [-0.39, 0.29) is 11.8 Å². The highest BCUT2D eigenvalue weighted by Gasteiger charge is 2.25. The van der Waals surface area contributed by atoms with E-state index in [9.17, 15) is 18.0 Å². The van der Waals surface area contributed by atoms with Crippen LogP contribution in [-0.4, -0.2) is 68.7 Å². The highest BCUT2D eigenvalue weighted by Crippen LogP contribution is 2.23. The predicted octanol–water partition coefficient (Wildman–Crippen LogP) is 2.76. The van der Waals surface area contributed by atoms with Crippen molar-refractivity contribution in [1.82, 2.24) is 9.21 Å². The zero-order chi connectivity index (χ0) is 24.0. The zero-order valence-electron chi connectivity index (χ0n) is 19.1. The highest BCUT2D eigenvalue weighted by molar-refractivity contribution is 7.92. The molecule has 2 amide bonds. The molecule has 9 heteroatoms. The summed E-state index contributed by atoms with van der Waals surface area (Å²) < 4.78 is 26.7. The van der Waals surface area contributed by atoms with Gasteiger partial charge in [0.1, 0.15) is 0 Å². The Hall–Kier alpha value is -3.01. The van der Waals surface area contributed by atoms with E-state index >= 15 is 0 Å². The summed E-state index contributed by atoms with van der Waals surface area (Å²) in [5.74, 6) is 0.0442. The number of carbonyl (C=O) groups excluding carboxylic acids is 2. The molecule has 2 saturated heterocycles. The molecule has 0 aromatic heterocycles. The second-order valence-corrected chi connectivity index (χ2v) is 10.3. The lowest BCUT2D eigenvalue weighted by Gasteiger charge is -2.33. The third kappa shape index (κ3) is 6.31. The molecule has 2 aliphatic rings. The second kappa shape index (κ2) is 10.9. The molecule has 0 spiro atoms. The van der Waals surface area contributed by atoms with E-state index < -0.39 is 10.0 Å². The fourth-order valence-electron chi connectivity index (χ4n) is 4.15. The van der Waals surface area contributed by atoms with Crippen molar-refractivity contribution in [3.05, 3.63) is 65.6 Å². The lowest BCUT2D eigenvalue weighted by molar-refractivity contribution is -0.117. The average Bonchev–Trinajstić information content (AvgIpc) is 3.29. The van der Waals surface area contributed by atoms with Gasteiger partial charge in [-0.15, -0.1) is 0 Å². The summed E-state index contributed by atoms with van der Waals surface area (Å²) >= 11 is 0. The third-order valence-electron chi connectivity index (χ3n) is 6.11. The first-order valence-electron chi connectivity index (χ1n) is 11.6. The Morgan fingerprint density at radius 1 is 0.941 bits per heavy atom. The first kappa shape index (κ1) is 24.1. The molecule has 1 N–H and O–H groups in total. The summed E-state index contributed by atoms with van der Waals surface area (Å²) in [6, 6.07) is 16.7. The standard InChI is InChI=1S/C25H30N4O4S/c30-24(26-22-8-10-23(11-9-22)29-14-4-7-25(29)31)12-15-27-16-18-28(19-17-27)34(32,33)20-13-21-5-2-1-3-6-21/h1-3,5-6,8-11,13,20H,4,7,12,14-19H2,(H,26,30)/b20-13+. The Labute approximate surface area is 200 Å². The topological polar surface area (TPSA) is 90.0 Å². The van der Waals surface area contributed by atoms with Gasteiger partial charge in [-0.1, -0.05) is 30.3 Å². The third-order valence-corrected chi connectivity index (χ3v) is 7.68. The van der Waals surface area contributed by atoms with Crippen LogP contribution >= 0.6 is 0 Å². The van der Waals surface area contributed by atoms with Crippen LogP contribution in [0.25, 0.3) is 6.08 Å². The highest BCUT2D eigenvalue weighted by atomic mass is 32.2. The van der Waals surface area contributed by atoms with Crippen molar-refractivity contribution in [2.45, 2.75) is 19.3 Å². The molecule has 180 valence electrons. The van der Waals surface area contributed by atoms with Gasteiger partial charge in [-0.3, -0.25) is 9.59 Å². The Kier molecular flexibility index (Phi) is 7.77. The summed E-state index contributed by atoms with van der Waals surface area (Å²) in [5.41, 5.74) is 2.39. The van der Waals surface area contributed by atoms with Gasteiger partial charge in [-0.25, -0.2) is 8.42 Å². The summed E-state index contributed by atoms with van der Waals surface area (Å²) in [4.78, 5) is 28.1. The maximum atomic E-state index is 12.6. The number of anilines is 2. The van der Waals surface area contributed by atoms with Gasteiger partial charge in [0.15, 0.2) is 0 Å². The van der Waals surface area contributed by atoms with Gasteiger partial charge in [0.25, 0.3) is 0 Å². The van der Waals surface area contributed by atoms with Crippen LogP contribution in [0, 0.1) is 0 Å². The summed E-state index contributed by atoms with van der Waals surface area (Å²) in [6.45, 7) is 3.29. The SMILES string of the molecule is O=C(CCN1CCN(S(=O)(=O)/C=C/c2ccccc2)CC1)Nc1ccc(N2CCCC2=O)cc1. The molecule has 2 aliphatic heterocycles. The van der Waals surface area contributed by atoms with E-state index in [2.05, 4.69) is 10.2 Å². The van der Waals surface area contributed by atoms with E-state index in [1.165, 1.54) is 9.71 Å². The lowest BCUT2D eigenvalue weighted by atomic mass is 10.2. The van der Waals surface area contributed by atoms with Gasteiger partial charge in [-0.2, -0.15) is 4.31 Å². The number of hydrogen-bond donors (Lipinski definition) is 1. The molecule has 2 fully saturated rings. The van der Waals surface area contributed by atoms with Crippen molar-refractivity contribution >= 4 is 39.3 Å². The van der Waals surface area contributed by atoms with Crippen LogP contribution in [0.15, 0.2) is 60.0 Å². The Balaban J connectivity index is 1.20. The van der Waals surface area contributed by atoms with Crippen molar-refractivity contribution in [1.29, 1.82) is 0 Å². The van der Waals surface area contributed by atoms with E-state index in [1.54, 1.807) is 11.0 Å². The van der Waals surface area contributed by atoms with E-state index in [0.29, 0.717) is 51.3 Å². The molecule has 4 rings (SSSR count). The van der Waals surface area contributed by atoms with Crippen LogP contribution in [0.4, 0.5) is 11.4 Å². The molecular formula is C25H30N4O4S. The molecule has 0 radical (unpaired) electrons. The minimum Gasteiger partial charge on any atom is -0.326 e. The number of nitrogens with one attached hydrogen (secondary N) is 1. The minimum atomic E-state index is -3.47. The fraction of sp³-hybridized carbons (Fsp3) is 0.360. The Morgan fingerprint density at radius 3 is 2.29 bits per heavy atom. The van der Waals surface area contributed by atoms with Crippen molar-refractivity contribution < 1.29 is 18.0 Å². The number of amides is 2. The summed E-state index contributed by atoms with van der Waals surface area (Å²) in [5, 5.41) is 4.15. The van der Waals surface area contributed by atoms with Crippen LogP contribution in [0.2, 0.25) is 0 Å². The van der Waals surface area contributed by atoms with Crippen LogP contribution in [-0.2, 0) is 19.6 Å². The van der Waals surface area contributed by atoms with Crippen LogP contribution < -0.4 is 10.2 Å². The van der Waals surface area contributed by atoms with E-state index in [0.717, 1.165) is 24.2 Å². The van der Waals surface area contributed by atoms with Crippen molar-refractivity contribution in [3.63, 3.8) is 0 Å². The van der Waals surface area contributed by atoms with Crippen molar-refractivity contribution in [2.75, 3.05) is 49.5 Å². The van der Waals surface area contributed by atoms with Crippen LogP contribution in [0.3, 0.4) is 0 Å². The number of nitrogens with zero attached hydrogens (tertiary/aromatic N) is 3. The molecule has 2 aromatic carbocycles. The number of rotatable bonds is 8. The molecule has 0 saturated carbocycles. The van der Waals surface area contributed by atoms with Gasteiger partial charge >= 0.3 is 0 Å². The monoisotopic (exact) mass is 482 g/mol. The minimum absolute atomic E-state index is 0.0918. The summed E-state index contributed by atoms with van der Waals surface area (Å²) in [6.07, 6.45) is 3.40. The van der Waals surface area contributed by atoms with Gasteiger partial charge in [0, 0.05) is 68.9 Å². The van der Waals surface area contributed by atoms with Crippen molar-refractivity contribution in [2.24, 2.45) is 0 Å². The molecule has 2 heterocycles. The largest absolute Gasteiger partial charge is 0.326 e. The maximum Gasteiger partial charge on any atom is 0.236 e. The van der Waals surface area contributed by atoms with E-state index in [4.69, 9.17) is 0 Å². The maximum absolute atomic E-state index is 12.6. The second-order valence-electron chi connectivity index (χ2n) is 8.49. The number of benzene rings is 2. The Morgan fingerprint density at radius 2 is 1.65 bits per heavy atom. The summed E-state index contributed by atoms with van der Waals surface area (Å²) in [7, 11) is -3.47.